The number of unbranched alkanes of at least 4 members (excludes halogenated alkanes) is 6. The zero-order chi connectivity index (χ0) is 42.3. The van der Waals surface area contributed by atoms with Crippen LogP contribution in [0, 0.1) is 0 Å². The molecule has 0 heterocycles. The Morgan fingerprint density at radius 1 is 0.667 bits per heavy atom. The fraction of sp³-hybridized carbons (Fsp3) is 0.609. The number of allylic oxidation sites excluding steroid dienone is 14. The lowest BCUT2D eigenvalue weighted by Gasteiger charge is -2.28. The third kappa shape index (κ3) is 40.9. The van der Waals surface area contributed by atoms with Crippen molar-refractivity contribution in [2.75, 3.05) is 47.5 Å². The van der Waals surface area contributed by atoms with Gasteiger partial charge in [0.05, 0.1) is 33.9 Å². The number of esters is 2. The first kappa shape index (κ1) is 53.9. The molecule has 0 saturated carbocycles. The van der Waals surface area contributed by atoms with Crippen molar-refractivity contribution < 1.29 is 47.2 Å². The Morgan fingerprint density at radius 2 is 1.21 bits per heavy atom. The molecule has 324 valence electrons. The molecule has 0 rings (SSSR count). The number of nitrogens with zero attached hydrogens (tertiary/aromatic N) is 1. The lowest BCUT2D eigenvalue weighted by atomic mass is 10.1. The highest BCUT2D eigenvalue weighted by Gasteiger charge is 2.21. The molecule has 0 aliphatic carbocycles. The fourth-order valence-electron chi connectivity index (χ4n) is 4.83. The van der Waals surface area contributed by atoms with Gasteiger partial charge in [-0.15, -0.1) is 0 Å². The van der Waals surface area contributed by atoms with Crippen LogP contribution in [-0.2, 0) is 32.7 Å². The summed E-state index contributed by atoms with van der Waals surface area (Å²) in [6, 6.07) is 0. The van der Waals surface area contributed by atoms with Crippen LogP contribution in [-0.4, -0.2) is 81.2 Å². The summed E-state index contributed by atoms with van der Waals surface area (Å²) in [4.78, 5) is 37.4. The zero-order valence-corrected chi connectivity index (χ0v) is 36.7. The van der Waals surface area contributed by atoms with Crippen LogP contribution in [0.5, 0.6) is 0 Å². The molecular weight excluding hydrogens is 741 g/mol. The number of carbonyl (C=O) groups is 2. The molecule has 0 spiro atoms. The van der Waals surface area contributed by atoms with Gasteiger partial charge in [0, 0.05) is 12.8 Å². The molecule has 57 heavy (non-hydrogen) atoms. The summed E-state index contributed by atoms with van der Waals surface area (Å²) in [5, 5.41) is 9.77. The van der Waals surface area contributed by atoms with Gasteiger partial charge in [-0.3, -0.25) is 14.2 Å². The average Bonchev–Trinajstić information content (AvgIpc) is 3.16. The highest BCUT2D eigenvalue weighted by Crippen LogP contribution is 2.38. The van der Waals surface area contributed by atoms with Crippen molar-refractivity contribution in [3.8, 4) is 0 Å². The van der Waals surface area contributed by atoms with E-state index in [-0.39, 0.29) is 26.1 Å². The highest BCUT2D eigenvalue weighted by atomic mass is 31.2. The Kier molecular flexibility index (Phi) is 35.2. The van der Waals surface area contributed by atoms with Crippen LogP contribution < -0.4 is 4.89 Å². The second-order valence-corrected chi connectivity index (χ2v) is 16.2. The van der Waals surface area contributed by atoms with Crippen LogP contribution in [0.25, 0.3) is 0 Å². The molecule has 0 amide bonds. The van der Waals surface area contributed by atoms with E-state index in [4.69, 9.17) is 18.5 Å². The van der Waals surface area contributed by atoms with E-state index in [1.165, 1.54) is 19.3 Å². The standard InChI is InChI=1S/C46H76NO9P/c1-6-8-10-11-12-13-14-15-16-17-21-24-27-30-33-37-45(49)53-41-44(42-55-57(51,52)54-40-39-47(3,4)5)56-46(50)38-34-31-28-25-22-19-18-20-23-26-29-32-36-43(48)35-9-7-2/h9,12-13,15-16,18-19,21,23-26,28-29,32,35,43-44,48H,6-8,10-11,14,17,20,22,27,30-31,33-34,36-42H2,1-5H3/b13-12-,16-15-,19-18-,24-21-,26-23-,28-25-,32-29+,35-9-/t43?,44-/m1/s1. The number of phosphoric acid groups is 1. The van der Waals surface area contributed by atoms with Crippen LogP contribution in [0.15, 0.2) is 97.2 Å². The third-order valence-electron chi connectivity index (χ3n) is 8.16. The van der Waals surface area contributed by atoms with Crippen LogP contribution >= 0.6 is 7.82 Å². The van der Waals surface area contributed by atoms with Gasteiger partial charge in [0.15, 0.2) is 6.10 Å². The Balaban J connectivity index is 4.61. The van der Waals surface area contributed by atoms with E-state index >= 15 is 0 Å². The minimum atomic E-state index is -4.66. The number of hydrogen-bond acceptors (Lipinski definition) is 9. The summed E-state index contributed by atoms with van der Waals surface area (Å²) in [6.07, 6.45) is 45.0. The molecule has 3 atom stereocenters. The average molecular weight is 818 g/mol. The number of carbonyl (C=O) groups excluding carboxylic acids is 2. The molecular formula is C46H76NO9P. The molecule has 0 fully saturated rings. The summed E-state index contributed by atoms with van der Waals surface area (Å²) in [7, 11) is 1.06. The molecule has 0 radical (unpaired) electrons. The number of likely N-dealkylation sites (N-methyl/N-ethyl adjacent to an activating group) is 1. The summed E-state index contributed by atoms with van der Waals surface area (Å²) >= 11 is 0. The first-order valence-corrected chi connectivity index (χ1v) is 22.5. The minimum absolute atomic E-state index is 0.0610. The van der Waals surface area contributed by atoms with Gasteiger partial charge in [0.25, 0.3) is 7.82 Å². The van der Waals surface area contributed by atoms with Crippen LogP contribution in [0.1, 0.15) is 123 Å². The summed E-state index contributed by atoms with van der Waals surface area (Å²) in [6.45, 7) is 3.80. The van der Waals surface area contributed by atoms with E-state index in [1.54, 1.807) is 0 Å². The van der Waals surface area contributed by atoms with Crippen LogP contribution in [0.2, 0.25) is 0 Å². The van der Waals surface area contributed by atoms with Gasteiger partial charge in [-0.05, 0) is 83.5 Å². The predicted octanol–water partition coefficient (Wildman–Crippen LogP) is 10.1. The highest BCUT2D eigenvalue weighted by molar-refractivity contribution is 7.45. The number of quaternary nitrogens is 1. The number of aliphatic hydroxyl groups excluding tert-OH is 1. The van der Waals surface area contributed by atoms with E-state index < -0.39 is 38.6 Å². The van der Waals surface area contributed by atoms with E-state index in [9.17, 15) is 24.2 Å². The minimum Gasteiger partial charge on any atom is -0.756 e. The van der Waals surface area contributed by atoms with Gasteiger partial charge in [0.1, 0.15) is 19.8 Å². The molecule has 0 saturated heterocycles. The van der Waals surface area contributed by atoms with Crippen molar-refractivity contribution in [2.45, 2.75) is 135 Å². The largest absolute Gasteiger partial charge is 0.756 e. The van der Waals surface area contributed by atoms with Crippen molar-refractivity contribution in [3.63, 3.8) is 0 Å². The molecule has 10 nitrogen and oxygen atoms in total. The van der Waals surface area contributed by atoms with Gasteiger partial charge in [-0.25, -0.2) is 0 Å². The fourth-order valence-corrected chi connectivity index (χ4v) is 5.56. The van der Waals surface area contributed by atoms with Crippen molar-refractivity contribution in [1.29, 1.82) is 0 Å². The van der Waals surface area contributed by atoms with Crippen molar-refractivity contribution in [3.05, 3.63) is 97.2 Å². The lowest BCUT2D eigenvalue weighted by molar-refractivity contribution is -0.870. The molecule has 0 bridgehead atoms. The lowest BCUT2D eigenvalue weighted by Crippen LogP contribution is -2.37. The maximum Gasteiger partial charge on any atom is 0.306 e. The second kappa shape index (κ2) is 37.2. The Labute approximate surface area is 346 Å². The maximum atomic E-state index is 12.6. The van der Waals surface area contributed by atoms with Crippen molar-refractivity contribution in [2.24, 2.45) is 0 Å². The number of aliphatic hydroxyl groups is 1. The molecule has 0 aliphatic rings. The quantitative estimate of drug-likeness (QED) is 0.0164. The zero-order valence-electron chi connectivity index (χ0n) is 35.8. The summed E-state index contributed by atoms with van der Waals surface area (Å²) < 4.78 is 33.7. The van der Waals surface area contributed by atoms with Crippen molar-refractivity contribution in [1.82, 2.24) is 0 Å². The molecule has 0 aliphatic heterocycles. The summed E-state index contributed by atoms with van der Waals surface area (Å²) in [5.74, 6) is -0.984. The van der Waals surface area contributed by atoms with E-state index in [2.05, 4.69) is 55.5 Å². The number of ether oxygens (including phenoxy) is 2. The number of phosphoric ester groups is 1. The molecule has 11 heteroatoms. The van der Waals surface area contributed by atoms with Crippen LogP contribution in [0.3, 0.4) is 0 Å². The van der Waals surface area contributed by atoms with E-state index in [0.717, 1.165) is 51.4 Å². The SMILES string of the molecule is CC/C=C\C(O)C/C=C/C=C\C/C=C\C/C=C\CCCC(=O)O[C@H](COC(=O)CCCC/C=C\C/C=C\C/C=C\CCCCC)COP(=O)([O-])OCC[N+](C)(C)C. The number of rotatable bonds is 36. The predicted molar refractivity (Wildman–Crippen MR) is 232 cm³/mol. The van der Waals surface area contributed by atoms with E-state index in [1.807, 2.05) is 76.7 Å². The third-order valence-corrected chi connectivity index (χ3v) is 9.13. The molecule has 0 aromatic carbocycles. The number of hydrogen-bond donors (Lipinski definition) is 1. The molecule has 2 unspecified atom stereocenters. The Bertz CT molecular complexity index is 1310. The topological polar surface area (TPSA) is 131 Å². The Morgan fingerprint density at radius 3 is 1.81 bits per heavy atom. The maximum absolute atomic E-state index is 12.6. The van der Waals surface area contributed by atoms with Crippen LogP contribution in [0.4, 0.5) is 0 Å². The smallest absolute Gasteiger partial charge is 0.306 e. The summed E-state index contributed by atoms with van der Waals surface area (Å²) in [5.41, 5.74) is 0. The first-order valence-electron chi connectivity index (χ1n) is 21.1. The van der Waals surface area contributed by atoms with Gasteiger partial charge >= 0.3 is 11.9 Å². The normalized spacial score (nSPS) is 15.1. The second-order valence-electron chi connectivity index (χ2n) is 14.8. The molecule has 0 aromatic heterocycles. The molecule has 1 N–H and O–H groups in total. The van der Waals surface area contributed by atoms with Gasteiger partial charge in [0.2, 0.25) is 0 Å². The van der Waals surface area contributed by atoms with Gasteiger partial charge in [-0.1, -0.05) is 124 Å². The monoisotopic (exact) mass is 818 g/mol. The van der Waals surface area contributed by atoms with Crippen molar-refractivity contribution >= 4 is 19.8 Å². The molecule has 0 aromatic rings. The van der Waals surface area contributed by atoms with Gasteiger partial charge in [-0.2, -0.15) is 0 Å². The van der Waals surface area contributed by atoms with E-state index in [0.29, 0.717) is 36.7 Å². The van der Waals surface area contributed by atoms with Gasteiger partial charge < -0.3 is 33.0 Å². The Hall–Kier alpha value is -3.11. The first-order chi connectivity index (χ1) is 27.4.